The molecular weight excluding hydrogens is 231 g/mol. The molecule has 0 aliphatic heterocycles. The summed E-state index contributed by atoms with van der Waals surface area (Å²) in [5.74, 6) is 2.70. The number of hydrogen-bond acceptors (Lipinski definition) is 1. The normalized spacial score (nSPS) is 11.9. The van der Waals surface area contributed by atoms with Crippen LogP contribution in [0.4, 0.5) is 13.2 Å². The second-order valence-corrected chi connectivity index (χ2v) is 9.18. The standard InChI is InChI=1S/C11H12F3NSi/c1-16(2,3)7-5-10-8-9(4-6-15-10)11(12,13)14/h4,6,8H,1-3H3. The minimum absolute atomic E-state index is 0.178. The number of aromatic nitrogens is 1. The van der Waals surface area contributed by atoms with Crippen LogP contribution in [-0.2, 0) is 6.18 Å². The Morgan fingerprint density at radius 2 is 1.88 bits per heavy atom. The van der Waals surface area contributed by atoms with Crippen LogP contribution in [0.25, 0.3) is 0 Å². The molecule has 0 fully saturated rings. The first kappa shape index (κ1) is 12.8. The minimum Gasteiger partial charge on any atom is -0.248 e. The van der Waals surface area contributed by atoms with Gasteiger partial charge < -0.3 is 0 Å². The number of hydrogen-bond donors (Lipinski definition) is 0. The number of halogens is 3. The molecule has 0 spiro atoms. The smallest absolute Gasteiger partial charge is 0.248 e. The van der Waals surface area contributed by atoms with Gasteiger partial charge in [0, 0.05) is 6.20 Å². The van der Waals surface area contributed by atoms with Crippen molar-refractivity contribution in [3.05, 3.63) is 29.6 Å². The lowest BCUT2D eigenvalue weighted by atomic mass is 10.2. The van der Waals surface area contributed by atoms with Crippen LogP contribution in [0.2, 0.25) is 19.6 Å². The van der Waals surface area contributed by atoms with Crippen molar-refractivity contribution in [2.75, 3.05) is 0 Å². The molecule has 1 aromatic heterocycles. The van der Waals surface area contributed by atoms with Gasteiger partial charge in [-0.05, 0) is 12.1 Å². The molecule has 1 aromatic rings. The van der Waals surface area contributed by atoms with E-state index in [0.29, 0.717) is 0 Å². The van der Waals surface area contributed by atoms with Crippen molar-refractivity contribution in [1.29, 1.82) is 0 Å². The van der Waals surface area contributed by atoms with E-state index in [0.717, 1.165) is 18.3 Å². The first-order valence-electron chi connectivity index (χ1n) is 4.75. The van der Waals surface area contributed by atoms with E-state index in [1.807, 2.05) is 19.6 Å². The topological polar surface area (TPSA) is 12.9 Å². The highest BCUT2D eigenvalue weighted by atomic mass is 28.3. The van der Waals surface area contributed by atoms with Gasteiger partial charge in [0.1, 0.15) is 13.8 Å². The van der Waals surface area contributed by atoms with E-state index in [4.69, 9.17) is 0 Å². The van der Waals surface area contributed by atoms with Gasteiger partial charge in [0.25, 0.3) is 0 Å². The third-order valence-corrected chi connectivity index (χ3v) is 2.53. The summed E-state index contributed by atoms with van der Waals surface area (Å²) in [6, 6.07) is 1.92. The highest BCUT2D eigenvalue weighted by Crippen LogP contribution is 2.28. The van der Waals surface area contributed by atoms with Crippen LogP contribution in [0, 0.1) is 11.5 Å². The zero-order chi connectivity index (χ0) is 12.4. The second kappa shape index (κ2) is 4.30. The lowest BCUT2D eigenvalue weighted by molar-refractivity contribution is -0.137. The molecule has 1 heterocycles. The fraction of sp³-hybridized carbons (Fsp3) is 0.364. The van der Waals surface area contributed by atoms with E-state index < -0.39 is 19.8 Å². The van der Waals surface area contributed by atoms with Crippen LogP contribution in [0.15, 0.2) is 18.3 Å². The van der Waals surface area contributed by atoms with Gasteiger partial charge in [0.2, 0.25) is 0 Å². The summed E-state index contributed by atoms with van der Waals surface area (Å²) < 4.78 is 37.1. The van der Waals surface area contributed by atoms with E-state index in [-0.39, 0.29) is 5.69 Å². The molecule has 5 heteroatoms. The SMILES string of the molecule is C[Si](C)(C)C#Cc1cc(C(F)(F)F)ccn1. The zero-order valence-corrected chi connectivity index (χ0v) is 10.3. The van der Waals surface area contributed by atoms with Crippen molar-refractivity contribution in [3.63, 3.8) is 0 Å². The van der Waals surface area contributed by atoms with Gasteiger partial charge in [-0.2, -0.15) is 13.2 Å². The third kappa shape index (κ3) is 4.07. The summed E-state index contributed by atoms with van der Waals surface area (Å²) >= 11 is 0. The molecule has 0 aliphatic rings. The summed E-state index contributed by atoms with van der Waals surface area (Å²) in [6.45, 7) is 6.06. The molecule has 0 atom stereocenters. The van der Waals surface area contributed by atoms with Crippen molar-refractivity contribution < 1.29 is 13.2 Å². The zero-order valence-electron chi connectivity index (χ0n) is 9.31. The summed E-state index contributed by atoms with van der Waals surface area (Å²) in [4.78, 5) is 3.80. The average molecular weight is 243 g/mol. The van der Waals surface area contributed by atoms with Crippen LogP contribution < -0.4 is 0 Å². The van der Waals surface area contributed by atoms with Crippen molar-refractivity contribution >= 4 is 8.07 Å². The van der Waals surface area contributed by atoms with Crippen LogP contribution >= 0.6 is 0 Å². The maximum atomic E-state index is 12.4. The number of pyridine rings is 1. The molecule has 0 amide bonds. The Morgan fingerprint density at radius 1 is 1.25 bits per heavy atom. The van der Waals surface area contributed by atoms with Crippen LogP contribution in [-0.4, -0.2) is 13.1 Å². The predicted octanol–water partition coefficient (Wildman–Crippen LogP) is 3.33. The number of nitrogens with zero attached hydrogens (tertiary/aromatic N) is 1. The molecule has 0 bridgehead atoms. The van der Waals surface area contributed by atoms with Crippen molar-refractivity contribution in [3.8, 4) is 11.5 Å². The van der Waals surface area contributed by atoms with E-state index in [1.165, 1.54) is 0 Å². The van der Waals surface area contributed by atoms with E-state index in [9.17, 15) is 13.2 Å². The van der Waals surface area contributed by atoms with Crippen molar-refractivity contribution in [1.82, 2.24) is 4.98 Å². The van der Waals surface area contributed by atoms with Gasteiger partial charge >= 0.3 is 6.18 Å². The molecule has 0 radical (unpaired) electrons. The van der Waals surface area contributed by atoms with Crippen molar-refractivity contribution in [2.45, 2.75) is 25.8 Å². The highest BCUT2D eigenvalue weighted by molar-refractivity contribution is 6.83. The molecule has 0 aromatic carbocycles. The van der Waals surface area contributed by atoms with Crippen LogP contribution in [0.1, 0.15) is 11.3 Å². The summed E-state index contributed by atoms with van der Waals surface area (Å²) in [7, 11) is -1.59. The molecule has 0 aliphatic carbocycles. The monoisotopic (exact) mass is 243 g/mol. The Kier molecular flexibility index (Phi) is 3.43. The fourth-order valence-corrected chi connectivity index (χ4v) is 1.43. The molecule has 1 rings (SSSR count). The number of rotatable bonds is 0. The highest BCUT2D eigenvalue weighted by Gasteiger charge is 2.30. The van der Waals surface area contributed by atoms with Gasteiger partial charge in [-0.3, -0.25) is 0 Å². The van der Waals surface area contributed by atoms with Crippen LogP contribution in [0.5, 0.6) is 0 Å². The Bertz CT molecular complexity index is 435. The quantitative estimate of drug-likeness (QED) is 0.503. The maximum absolute atomic E-state index is 12.4. The molecular formula is C11H12F3NSi. The van der Waals surface area contributed by atoms with Gasteiger partial charge in [-0.1, -0.05) is 25.6 Å². The largest absolute Gasteiger partial charge is 0.416 e. The fourth-order valence-electron chi connectivity index (χ4n) is 0.927. The van der Waals surface area contributed by atoms with Crippen LogP contribution in [0.3, 0.4) is 0 Å². The Balaban J connectivity index is 3.04. The third-order valence-electron chi connectivity index (χ3n) is 1.65. The van der Waals surface area contributed by atoms with Gasteiger partial charge in [-0.25, -0.2) is 4.98 Å². The summed E-state index contributed by atoms with van der Waals surface area (Å²) in [5, 5.41) is 0. The van der Waals surface area contributed by atoms with Gasteiger partial charge in [0.05, 0.1) is 5.56 Å². The van der Waals surface area contributed by atoms with Gasteiger partial charge in [0.15, 0.2) is 0 Å². The Morgan fingerprint density at radius 3 is 2.38 bits per heavy atom. The number of alkyl halides is 3. The molecule has 16 heavy (non-hydrogen) atoms. The Hall–Kier alpha value is -1.28. The van der Waals surface area contributed by atoms with E-state index in [2.05, 4.69) is 16.4 Å². The first-order chi connectivity index (χ1) is 7.18. The molecule has 0 N–H and O–H groups in total. The van der Waals surface area contributed by atoms with E-state index >= 15 is 0 Å². The molecule has 86 valence electrons. The second-order valence-electron chi connectivity index (χ2n) is 4.43. The summed E-state index contributed by atoms with van der Waals surface area (Å²) in [6.07, 6.45) is -3.20. The maximum Gasteiger partial charge on any atom is 0.416 e. The Labute approximate surface area is 93.7 Å². The lowest BCUT2D eigenvalue weighted by Gasteiger charge is -2.06. The minimum atomic E-state index is -4.33. The van der Waals surface area contributed by atoms with Gasteiger partial charge in [-0.15, -0.1) is 5.54 Å². The lowest BCUT2D eigenvalue weighted by Crippen LogP contribution is -2.16. The molecule has 0 saturated carbocycles. The van der Waals surface area contributed by atoms with Crippen molar-refractivity contribution in [2.24, 2.45) is 0 Å². The molecule has 0 saturated heterocycles. The predicted molar refractivity (Wildman–Crippen MR) is 59.5 cm³/mol. The average Bonchev–Trinajstić information content (AvgIpc) is 2.13. The summed E-state index contributed by atoms with van der Waals surface area (Å²) in [5.41, 5.74) is 2.45. The molecule has 0 unspecified atom stereocenters. The first-order valence-corrected chi connectivity index (χ1v) is 8.25. The van der Waals surface area contributed by atoms with E-state index in [1.54, 1.807) is 0 Å². The molecule has 1 nitrogen and oxygen atoms in total.